The lowest BCUT2D eigenvalue weighted by atomic mass is 10.1. The van der Waals surface area contributed by atoms with E-state index < -0.39 is 5.82 Å². The molecule has 132 valence electrons. The molecule has 0 unspecified atom stereocenters. The summed E-state index contributed by atoms with van der Waals surface area (Å²) >= 11 is 5.99. The molecule has 0 radical (unpaired) electrons. The molecule has 27 heavy (non-hydrogen) atoms. The lowest BCUT2D eigenvalue weighted by Crippen LogP contribution is -2.25. The summed E-state index contributed by atoms with van der Waals surface area (Å²) in [6.45, 7) is 0. The fourth-order valence-electron chi connectivity index (χ4n) is 3.05. The van der Waals surface area contributed by atoms with Crippen molar-refractivity contribution in [2.45, 2.75) is 0 Å². The third-order valence-corrected chi connectivity index (χ3v) is 4.59. The van der Waals surface area contributed by atoms with Gasteiger partial charge in [-0.05, 0) is 47.5 Å². The largest absolute Gasteiger partial charge is 0.273 e. The smallest absolute Gasteiger partial charge is 0.263 e. The second kappa shape index (κ2) is 7.22. The van der Waals surface area contributed by atoms with Crippen LogP contribution in [0.15, 0.2) is 90.5 Å². The molecule has 3 aromatic carbocycles. The van der Waals surface area contributed by atoms with Crippen LogP contribution in [0.4, 0.5) is 10.1 Å². The zero-order chi connectivity index (χ0) is 18.8. The Kier molecular flexibility index (Phi) is 4.61. The molecular weight excluding hydrogens is 361 g/mol. The third-order valence-electron chi connectivity index (χ3n) is 4.34. The number of benzene rings is 3. The lowest BCUT2D eigenvalue weighted by Gasteiger charge is -2.21. The van der Waals surface area contributed by atoms with Crippen molar-refractivity contribution in [3.63, 3.8) is 0 Å². The average Bonchev–Trinajstić information content (AvgIpc) is 3.00. The molecular formula is C23H15ClFNO. The van der Waals surface area contributed by atoms with E-state index in [1.165, 1.54) is 11.0 Å². The summed E-state index contributed by atoms with van der Waals surface area (Å²) in [5.41, 5.74) is 3.02. The second-order valence-electron chi connectivity index (χ2n) is 6.14. The van der Waals surface area contributed by atoms with Gasteiger partial charge in [-0.25, -0.2) is 4.39 Å². The van der Waals surface area contributed by atoms with Crippen LogP contribution in [0.1, 0.15) is 11.1 Å². The molecule has 1 aliphatic heterocycles. The molecule has 2 nitrogen and oxygen atoms in total. The van der Waals surface area contributed by atoms with Crippen LogP contribution in [0.5, 0.6) is 0 Å². The van der Waals surface area contributed by atoms with Gasteiger partial charge in [0.2, 0.25) is 0 Å². The Labute approximate surface area is 161 Å². The van der Waals surface area contributed by atoms with Crippen molar-refractivity contribution in [2.24, 2.45) is 0 Å². The number of para-hydroxylation sites is 1. The Bertz CT molecular complexity index is 1060. The first kappa shape index (κ1) is 17.3. The quantitative estimate of drug-likeness (QED) is 0.518. The number of amides is 1. The van der Waals surface area contributed by atoms with E-state index in [1.807, 2.05) is 42.5 Å². The molecule has 0 saturated carbocycles. The monoisotopic (exact) mass is 375 g/mol. The van der Waals surface area contributed by atoms with Crippen LogP contribution in [0.2, 0.25) is 5.02 Å². The molecule has 0 atom stereocenters. The van der Waals surface area contributed by atoms with E-state index >= 15 is 0 Å². The fourth-order valence-corrected chi connectivity index (χ4v) is 3.18. The number of rotatable bonds is 3. The van der Waals surface area contributed by atoms with E-state index in [9.17, 15) is 9.18 Å². The van der Waals surface area contributed by atoms with Crippen LogP contribution in [0.3, 0.4) is 0 Å². The van der Waals surface area contributed by atoms with Crippen LogP contribution in [-0.4, -0.2) is 5.91 Å². The average molecular weight is 376 g/mol. The molecule has 0 aromatic heterocycles. The second-order valence-corrected chi connectivity index (χ2v) is 6.58. The molecule has 0 bridgehead atoms. The molecule has 4 rings (SSSR count). The van der Waals surface area contributed by atoms with Gasteiger partial charge in [0.15, 0.2) is 0 Å². The number of hydrogen-bond acceptors (Lipinski definition) is 1. The normalized spacial score (nSPS) is 15.3. The summed E-state index contributed by atoms with van der Waals surface area (Å²) < 4.78 is 14.5. The van der Waals surface area contributed by atoms with Crippen molar-refractivity contribution >= 4 is 35.0 Å². The highest BCUT2D eigenvalue weighted by Crippen LogP contribution is 2.36. The van der Waals surface area contributed by atoms with Gasteiger partial charge in [0.25, 0.3) is 5.91 Å². The number of halogens is 2. The van der Waals surface area contributed by atoms with Crippen LogP contribution in [0, 0.1) is 5.82 Å². The standard InChI is InChI=1S/C23H15ClFNO/c24-19-12-10-17(11-13-19)22-15-18(14-16-6-2-1-3-7-16)23(27)26(22)21-9-5-4-8-20(21)25/h1-15H/b18-14+. The van der Waals surface area contributed by atoms with E-state index in [-0.39, 0.29) is 11.6 Å². The maximum Gasteiger partial charge on any atom is 0.263 e. The van der Waals surface area contributed by atoms with Gasteiger partial charge in [-0.15, -0.1) is 0 Å². The molecule has 3 aromatic rings. The van der Waals surface area contributed by atoms with Crippen molar-refractivity contribution in [2.75, 3.05) is 4.90 Å². The topological polar surface area (TPSA) is 20.3 Å². The highest BCUT2D eigenvalue weighted by Gasteiger charge is 2.31. The minimum atomic E-state index is -0.452. The van der Waals surface area contributed by atoms with Crippen LogP contribution < -0.4 is 4.90 Å². The number of carbonyl (C=O) groups excluding carboxylic acids is 1. The Morgan fingerprint density at radius 2 is 1.52 bits per heavy atom. The van der Waals surface area contributed by atoms with Gasteiger partial charge < -0.3 is 0 Å². The van der Waals surface area contributed by atoms with Gasteiger partial charge in [-0.1, -0.05) is 66.2 Å². The Hall–Kier alpha value is -3.17. The molecule has 0 aliphatic carbocycles. The van der Waals surface area contributed by atoms with Crippen molar-refractivity contribution in [3.05, 3.63) is 112 Å². The highest BCUT2D eigenvalue weighted by atomic mass is 35.5. The summed E-state index contributed by atoms with van der Waals surface area (Å²) in [7, 11) is 0. The van der Waals surface area contributed by atoms with Gasteiger partial charge in [0, 0.05) is 10.6 Å². The zero-order valence-electron chi connectivity index (χ0n) is 14.3. The summed E-state index contributed by atoms with van der Waals surface area (Å²) in [4.78, 5) is 14.5. The number of hydrogen-bond donors (Lipinski definition) is 0. The molecule has 1 heterocycles. The SMILES string of the molecule is O=C1/C(=C/c2ccccc2)C=C(c2ccc(Cl)cc2)N1c1ccccc1F. The first-order chi connectivity index (χ1) is 13.1. The molecule has 0 spiro atoms. The molecule has 0 N–H and O–H groups in total. The maximum atomic E-state index is 14.5. The Balaban J connectivity index is 1.85. The molecule has 1 aliphatic rings. The Morgan fingerprint density at radius 1 is 0.852 bits per heavy atom. The van der Waals surface area contributed by atoms with E-state index in [0.29, 0.717) is 16.3 Å². The van der Waals surface area contributed by atoms with E-state index in [4.69, 9.17) is 11.6 Å². The molecule has 0 fully saturated rings. The molecule has 0 saturated heterocycles. The van der Waals surface area contributed by atoms with Crippen molar-refractivity contribution < 1.29 is 9.18 Å². The molecule has 1 amide bonds. The maximum absolute atomic E-state index is 14.5. The third kappa shape index (κ3) is 3.42. The van der Waals surface area contributed by atoms with Crippen LogP contribution >= 0.6 is 11.6 Å². The predicted octanol–water partition coefficient (Wildman–Crippen LogP) is 5.95. The van der Waals surface area contributed by atoms with Gasteiger partial charge in [-0.2, -0.15) is 0 Å². The fraction of sp³-hybridized carbons (Fsp3) is 0. The Morgan fingerprint density at radius 3 is 2.22 bits per heavy atom. The van der Waals surface area contributed by atoms with Crippen molar-refractivity contribution in [1.82, 2.24) is 0 Å². The molecule has 4 heteroatoms. The highest BCUT2D eigenvalue weighted by molar-refractivity contribution is 6.30. The summed E-state index contributed by atoms with van der Waals surface area (Å²) in [6, 6.07) is 23.0. The summed E-state index contributed by atoms with van der Waals surface area (Å²) in [6.07, 6.45) is 3.59. The van der Waals surface area contributed by atoms with E-state index in [0.717, 1.165) is 11.1 Å². The van der Waals surface area contributed by atoms with Gasteiger partial charge >= 0.3 is 0 Å². The van der Waals surface area contributed by atoms with Crippen LogP contribution in [-0.2, 0) is 4.79 Å². The first-order valence-corrected chi connectivity index (χ1v) is 8.84. The van der Waals surface area contributed by atoms with E-state index in [2.05, 4.69) is 0 Å². The van der Waals surface area contributed by atoms with Gasteiger partial charge in [0.05, 0.1) is 11.4 Å². The number of carbonyl (C=O) groups is 1. The number of anilines is 1. The minimum absolute atomic E-state index is 0.222. The van der Waals surface area contributed by atoms with Gasteiger partial charge in [-0.3, -0.25) is 9.69 Å². The van der Waals surface area contributed by atoms with Crippen molar-refractivity contribution in [1.29, 1.82) is 0 Å². The summed E-state index contributed by atoms with van der Waals surface area (Å²) in [5, 5.41) is 0.598. The predicted molar refractivity (Wildman–Crippen MR) is 108 cm³/mol. The van der Waals surface area contributed by atoms with Crippen molar-refractivity contribution in [3.8, 4) is 0 Å². The number of nitrogens with zero attached hydrogens (tertiary/aromatic N) is 1. The van der Waals surface area contributed by atoms with Gasteiger partial charge in [0.1, 0.15) is 5.82 Å². The van der Waals surface area contributed by atoms with Crippen LogP contribution in [0.25, 0.3) is 11.8 Å². The summed E-state index contributed by atoms with van der Waals surface area (Å²) in [5.74, 6) is -0.722. The first-order valence-electron chi connectivity index (χ1n) is 8.47. The lowest BCUT2D eigenvalue weighted by molar-refractivity contribution is -0.113. The van der Waals surface area contributed by atoms with E-state index in [1.54, 1.807) is 42.5 Å². The minimum Gasteiger partial charge on any atom is -0.273 e. The zero-order valence-corrected chi connectivity index (χ0v) is 15.0.